The third-order valence-electron chi connectivity index (χ3n) is 1.39. The fourth-order valence-corrected chi connectivity index (χ4v) is 1.67. The summed E-state index contributed by atoms with van der Waals surface area (Å²) in [5.74, 6) is 1.25. The molecule has 0 saturated heterocycles. The highest BCUT2D eigenvalue weighted by Crippen LogP contribution is 2.23. The van der Waals surface area contributed by atoms with Crippen molar-refractivity contribution in [2.45, 2.75) is 25.5 Å². The number of hydrogen-bond donors (Lipinski definition) is 0. The van der Waals surface area contributed by atoms with Gasteiger partial charge in [0, 0.05) is 11.0 Å². The third-order valence-corrected chi connectivity index (χ3v) is 2.78. The summed E-state index contributed by atoms with van der Waals surface area (Å²) in [6.07, 6.45) is 3.62. The standard InChI is InChI=1S/C7H12S/c1-6-3-4-7(2)8-5-6/h3,7H,4-5H2,1-2H3. The van der Waals surface area contributed by atoms with Crippen LogP contribution in [-0.2, 0) is 0 Å². The summed E-state index contributed by atoms with van der Waals surface area (Å²) in [6.45, 7) is 4.49. The van der Waals surface area contributed by atoms with Crippen LogP contribution < -0.4 is 0 Å². The van der Waals surface area contributed by atoms with Gasteiger partial charge in [0.2, 0.25) is 0 Å². The van der Waals surface area contributed by atoms with E-state index in [2.05, 4.69) is 31.7 Å². The first-order valence-electron chi connectivity index (χ1n) is 3.06. The van der Waals surface area contributed by atoms with E-state index in [0.29, 0.717) is 0 Å². The summed E-state index contributed by atoms with van der Waals surface area (Å²) >= 11 is 2.06. The van der Waals surface area contributed by atoms with Crippen molar-refractivity contribution >= 4 is 11.8 Å². The molecule has 1 aliphatic heterocycles. The van der Waals surface area contributed by atoms with E-state index in [1.54, 1.807) is 5.57 Å². The fraction of sp³-hybridized carbons (Fsp3) is 0.714. The molecule has 0 saturated carbocycles. The lowest BCUT2D eigenvalue weighted by molar-refractivity contribution is 0.955. The Balaban J connectivity index is 2.42. The van der Waals surface area contributed by atoms with Crippen molar-refractivity contribution in [3.05, 3.63) is 11.6 Å². The molecule has 8 heavy (non-hydrogen) atoms. The van der Waals surface area contributed by atoms with Crippen LogP contribution in [0.3, 0.4) is 0 Å². The second-order valence-electron chi connectivity index (χ2n) is 2.41. The van der Waals surface area contributed by atoms with Crippen LogP contribution in [0.15, 0.2) is 11.6 Å². The average molecular weight is 128 g/mol. The summed E-state index contributed by atoms with van der Waals surface area (Å²) in [4.78, 5) is 0. The van der Waals surface area contributed by atoms with Crippen LogP contribution in [0.25, 0.3) is 0 Å². The van der Waals surface area contributed by atoms with E-state index >= 15 is 0 Å². The quantitative estimate of drug-likeness (QED) is 0.452. The van der Waals surface area contributed by atoms with Gasteiger partial charge in [-0.2, -0.15) is 11.8 Å². The van der Waals surface area contributed by atoms with Crippen molar-refractivity contribution in [2.24, 2.45) is 0 Å². The minimum atomic E-state index is 0.860. The Bertz CT molecular complexity index is 105. The molecule has 0 nitrogen and oxygen atoms in total. The lowest BCUT2D eigenvalue weighted by atomic mass is 10.2. The van der Waals surface area contributed by atoms with Gasteiger partial charge in [-0.15, -0.1) is 0 Å². The van der Waals surface area contributed by atoms with Gasteiger partial charge in [-0.3, -0.25) is 0 Å². The van der Waals surface area contributed by atoms with Crippen molar-refractivity contribution in [3.63, 3.8) is 0 Å². The minimum absolute atomic E-state index is 0.860. The normalized spacial score (nSPS) is 29.8. The molecule has 0 amide bonds. The molecule has 0 fully saturated rings. The van der Waals surface area contributed by atoms with Crippen LogP contribution >= 0.6 is 11.8 Å². The van der Waals surface area contributed by atoms with E-state index in [1.807, 2.05) is 0 Å². The van der Waals surface area contributed by atoms with Crippen LogP contribution in [0.4, 0.5) is 0 Å². The molecule has 1 heterocycles. The Morgan fingerprint density at radius 1 is 1.75 bits per heavy atom. The summed E-state index contributed by atoms with van der Waals surface area (Å²) in [7, 11) is 0. The van der Waals surface area contributed by atoms with E-state index in [0.717, 1.165) is 5.25 Å². The van der Waals surface area contributed by atoms with Crippen molar-refractivity contribution in [3.8, 4) is 0 Å². The van der Waals surface area contributed by atoms with E-state index in [4.69, 9.17) is 0 Å². The van der Waals surface area contributed by atoms with Crippen LogP contribution in [-0.4, -0.2) is 11.0 Å². The van der Waals surface area contributed by atoms with E-state index in [1.165, 1.54) is 12.2 Å². The molecular weight excluding hydrogens is 116 g/mol. The molecule has 0 bridgehead atoms. The smallest absolute Gasteiger partial charge is 0.0143 e. The predicted octanol–water partition coefficient (Wildman–Crippen LogP) is 2.46. The SMILES string of the molecule is CC1=CCC(C)SC1. The molecule has 0 aromatic rings. The highest BCUT2D eigenvalue weighted by molar-refractivity contribution is 8.00. The van der Waals surface area contributed by atoms with E-state index in [9.17, 15) is 0 Å². The summed E-state index contributed by atoms with van der Waals surface area (Å²) < 4.78 is 0. The summed E-state index contributed by atoms with van der Waals surface area (Å²) in [6, 6.07) is 0. The lowest BCUT2D eigenvalue weighted by Gasteiger charge is -2.14. The Morgan fingerprint density at radius 2 is 2.50 bits per heavy atom. The van der Waals surface area contributed by atoms with Crippen molar-refractivity contribution in [1.82, 2.24) is 0 Å². The molecular formula is C7H12S. The largest absolute Gasteiger partial charge is 0.154 e. The molecule has 1 unspecified atom stereocenters. The molecule has 0 N–H and O–H groups in total. The van der Waals surface area contributed by atoms with Gasteiger partial charge in [0.25, 0.3) is 0 Å². The van der Waals surface area contributed by atoms with Crippen LogP contribution in [0.2, 0.25) is 0 Å². The second-order valence-corrected chi connectivity index (χ2v) is 3.83. The first-order chi connectivity index (χ1) is 3.79. The highest BCUT2D eigenvalue weighted by atomic mass is 32.2. The lowest BCUT2D eigenvalue weighted by Crippen LogP contribution is -2.01. The van der Waals surface area contributed by atoms with Crippen molar-refractivity contribution < 1.29 is 0 Å². The average Bonchev–Trinajstić information content (AvgIpc) is 1.77. The van der Waals surface area contributed by atoms with E-state index in [-0.39, 0.29) is 0 Å². The first-order valence-corrected chi connectivity index (χ1v) is 4.11. The van der Waals surface area contributed by atoms with Gasteiger partial charge in [0.15, 0.2) is 0 Å². The Kier molecular flexibility index (Phi) is 2.01. The first kappa shape index (κ1) is 6.21. The van der Waals surface area contributed by atoms with Gasteiger partial charge in [-0.1, -0.05) is 18.6 Å². The molecule has 1 aliphatic rings. The molecule has 0 spiro atoms. The number of hydrogen-bond acceptors (Lipinski definition) is 1. The minimum Gasteiger partial charge on any atom is -0.154 e. The third kappa shape index (κ3) is 1.55. The predicted molar refractivity (Wildman–Crippen MR) is 40.3 cm³/mol. The van der Waals surface area contributed by atoms with Crippen molar-refractivity contribution in [2.75, 3.05) is 5.75 Å². The number of thioether (sulfide) groups is 1. The van der Waals surface area contributed by atoms with Crippen LogP contribution in [0.1, 0.15) is 20.3 Å². The molecule has 1 atom stereocenters. The van der Waals surface area contributed by atoms with Gasteiger partial charge in [0.1, 0.15) is 0 Å². The molecule has 0 aromatic heterocycles. The van der Waals surface area contributed by atoms with Gasteiger partial charge >= 0.3 is 0 Å². The molecule has 0 aromatic carbocycles. The van der Waals surface area contributed by atoms with Gasteiger partial charge in [0.05, 0.1) is 0 Å². The Morgan fingerprint density at radius 3 is 2.88 bits per heavy atom. The van der Waals surface area contributed by atoms with Gasteiger partial charge < -0.3 is 0 Å². The number of allylic oxidation sites excluding steroid dienone is 1. The maximum absolute atomic E-state index is 2.35. The molecule has 1 rings (SSSR count). The number of rotatable bonds is 0. The molecule has 1 heteroatoms. The zero-order valence-electron chi connectivity index (χ0n) is 5.48. The van der Waals surface area contributed by atoms with Gasteiger partial charge in [-0.05, 0) is 13.3 Å². The van der Waals surface area contributed by atoms with Crippen LogP contribution in [0.5, 0.6) is 0 Å². The monoisotopic (exact) mass is 128 g/mol. The summed E-state index contributed by atoms with van der Waals surface area (Å²) in [5.41, 5.74) is 1.55. The highest BCUT2D eigenvalue weighted by Gasteiger charge is 2.05. The van der Waals surface area contributed by atoms with Crippen molar-refractivity contribution in [1.29, 1.82) is 0 Å². The zero-order valence-corrected chi connectivity index (χ0v) is 6.29. The van der Waals surface area contributed by atoms with Crippen LogP contribution in [0, 0.1) is 0 Å². The summed E-state index contributed by atoms with van der Waals surface area (Å²) in [5, 5.41) is 0.860. The van der Waals surface area contributed by atoms with Gasteiger partial charge in [-0.25, -0.2) is 0 Å². The molecule has 0 aliphatic carbocycles. The fourth-order valence-electron chi connectivity index (χ4n) is 0.768. The second kappa shape index (κ2) is 2.58. The maximum Gasteiger partial charge on any atom is 0.0143 e. The topological polar surface area (TPSA) is 0 Å². The molecule has 0 radical (unpaired) electrons. The Labute approximate surface area is 55.4 Å². The van der Waals surface area contributed by atoms with E-state index < -0.39 is 0 Å². The maximum atomic E-state index is 2.35. The Hall–Kier alpha value is 0.0900. The molecule has 46 valence electrons. The zero-order chi connectivity index (χ0) is 5.98.